The minimum absolute atomic E-state index is 0.513. The van der Waals surface area contributed by atoms with Gasteiger partial charge in [0.25, 0.3) is 0 Å². The van der Waals surface area contributed by atoms with Crippen LogP contribution in [0.15, 0.2) is 83.1 Å². The molecule has 0 fully saturated rings. The van der Waals surface area contributed by atoms with Crippen LogP contribution in [0.4, 0.5) is 0 Å². The van der Waals surface area contributed by atoms with Gasteiger partial charge in [-0.3, -0.25) is 0 Å². The van der Waals surface area contributed by atoms with E-state index in [0.717, 1.165) is 10.5 Å². The average molecular weight is 296 g/mol. The summed E-state index contributed by atoms with van der Waals surface area (Å²) < 4.78 is 1.88. The molecule has 3 aromatic rings. The lowest BCUT2D eigenvalue weighted by atomic mass is 10.1. The molecule has 1 aromatic heterocycles. The highest BCUT2D eigenvalue weighted by Gasteiger charge is 2.09. The van der Waals surface area contributed by atoms with Crippen LogP contribution < -0.4 is 0 Å². The molecule has 0 amide bonds. The van der Waals surface area contributed by atoms with Gasteiger partial charge in [-0.1, -0.05) is 42.1 Å². The molecule has 0 bridgehead atoms. The number of aromatic nitrogens is 2. The van der Waals surface area contributed by atoms with Crippen LogP contribution >= 0.6 is 11.8 Å². The van der Waals surface area contributed by atoms with Crippen LogP contribution in [0.1, 0.15) is 11.7 Å². The predicted molar refractivity (Wildman–Crippen MR) is 84.2 cm³/mol. The van der Waals surface area contributed by atoms with Crippen molar-refractivity contribution in [2.75, 3.05) is 0 Å². The first-order chi connectivity index (χ1) is 10.3. The van der Waals surface area contributed by atoms with E-state index >= 15 is 0 Å². The third-order valence-corrected chi connectivity index (χ3v) is 4.16. The molecule has 0 aliphatic rings. The largest absolute Gasteiger partial charge is 0.387 e. The zero-order valence-corrected chi connectivity index (χ0v) is 12.3. The van der Waals surface area contributed by atoms with Crippen LogP contribution in [-0.4, -0.2) is 14.7 Å². The highest BCUT2D eigenvalue weighted by atomic mass is 32.2. The number of nitrogens with zero attached hydrogens (tertiary/aromatic N) is 2. The molecule has 0 radical (unpaired) electrons. The number of aliphatic hydroxyl groups excluding tert-OH is 1. The molecule has 106 valence electrons. The first kappa shape index (κ1) is 13.9. The number of hydrogen-bond donors (Lipinski definition) is 1. The van der Waals surface area contributed by atoms with Crippen molar-refractivity contribution in [2.24, 2.45) is 0 Å². The summed E-state index contributed by atoms with van der Waals surface area (Å²) in [5.41, 5.74) is 0.921. The van der Waals surface area contributed by atoms with Crippen molar-refractivity contribution in [3.8, 4) is 0 Å². The molecule has 21 heavy (non-hydrogen) atoms. The maximum atomic E-state index is 10.3. The van der Waals surface area contributed by atoms with Gasteiger partial charge in [-0.25, -0.2) is 4.98 Å². The second-order valence-corrected chi connectivity index (χ2v) is 5.91. The van der Waals surface area contributed by atoms with Crippen LogP contribution in [-0.2, 0) is 6.54 Å². The van der Waals surface area contributed by atoms with E-state index in [2.05, 4.69) is 23.2 Å². The van der Waals surface area contributed by atoms with Gasteiger partial charge < -0.3 is 9.67 Å². The van der Waals surface area contributed by atoms with E-state index < -0.39 is 6.10 Å². The van der Waals surface area contributed by atoms with Gasteiger partial charge in [0.1, 0.15) is 0 Å². The van der Waals surface area contributed by atoms with Gasteiger partial charge >= 0.3 is 0 Å². The molecule has 2 aromatic carbocycles. The Balaban J connectivity index is 1.73. The second-order valence-electron chi connectivity index (χ2n) is 4.76. The van der Waals surface area contributed by atoms with Crippen LogP contribution in [0.5, 0.6) is 0 Å². The molecule has 1 heterocycles. The van der Waals surface area contributed by atoms with E-state index in [1.807, 2.05) is 47.2 Å². The zero-order valence-electron chi connectivity index (χ0n) is 11.5. The molecule has 3 rings (SSSR count). The molecule has 4 heteroatoms. The molecule has 0 spiro atoms. The highest BCUT2D eigenvalue weighted by Crippen LogP contribution is 2.29. The minimum atomic E-state index is -0.532. The van der Waals surface area contributed by atoms with E-state index in [9.17, 15) is 5.11 Å². The Morgan fingerprint density at radius 2 is 1.86 bits per heavy atom. The summed E-state index contributed by atoms with van der Waals surface area (Å²) in [6.07, 6.45) is 4.75. The molecular weight excluding hydrogens is 280 g/mol. The van der Waals surface area contributed by atoms with Crippen molar-refractivity contribution in [3.05, 3.63) is 78.9 Å². The van der Waals surface area contributed by atoms with Gasteiger partial charge in [-0.2, -0.15) is 0 Å². The van der Waals surface area contributed by atoms with E-state index in [4.69, 9.17) is 0 Å². The van der Waals surface area contributed by atoms with Gasteiger partial charge in [0.2, 0.25) is 0 Å². The molecule has 1 unspecified atom stereocenters. The molecule has 1 N–H and O–H groups in total. The Morgan fingerprint density at radius 1 is 1.05 bits per heavy atom. The first-order valence-corrected chi connectivity index (χ1v) is 7.59. The van der Waals surface area contributed by atoms with Gasteiger partial charge in [-0.05, 0) is 29.8 Å². The summed E-state index contributed by atoms with van der Waals surface area (Å²) in [4.78, 5) is 6.31. The summed E-state index contributed by atoms with van der Waals surface area (Å²) in [7, 11) is 0. The Morgan fingerprint density at radius 3 is 2.62 bits per heavy atom. The van der Waals surface area contributed by atoms with E-state index in [-0.39, 0.29) is 0 Å². The molecule has 0 saturated carbocycles. The summed E-state index contributed by atoms with van der Waals surface area (Å²) in [5.74, 6) is 0. The predicted octanol–water partition coefficient (Wildman–Crippen LogP) is 3.77. The van der Waals surface area contributed by atoms with Crippen LogP contribution in [0, 0.1) is 0 Å². The monoisotopic (exact) mass is 296 g/mol. The lowest BCUT2D eigenvalue weighted by Gasteiger charge is -2.13. The van der Waals surface area contributed by atoms with Gasteiger partial charge in [-0.15, -0.1) is 0 Å². The summed E-state index contributed by atoms with van der Waals surface area (Å²) in [5, 5.41) is 10.3. The maximum absolute atomic E-state index is 10.3. The number of imidazole rings is 1. The molecule has 3 nitrogen and oxygen atoms in total. The second kappa shape index (κ2) is 6.61. The molecule has 0 aliphatic heterocycles. The highest BCUT2D eigenvalue weighted by molar-refractivity contribution is 7.99. The Hall–Kier alpha value is -2.04. The Labute approximate surface area is 128 Å². The lowest BCUT2D eigenvalue weighted by molar-refractivity contribution is 0.156. The van der Waals surface area contributed by atoms with Gasteiger partial charge in [0.05, 0.1) is 19.0 Å². The van der Waals surface area contributed by atoms with Crippen molar-refractivity contribution >= 4 is 11.8 Å². The van der Waals surface area contributed by atoms with Crippen molar-refractivity contribution in [1.29, 1.82) is 0 Å². The van der Waals surface area contributed by atoms with Crippen LogP contribution in [0.25, 0.3) is 0 Å². The van der Waals surface area contributed by atoms with E-state index in [1.54, 1.807) is 24.3 Å². The molecule has 0 saturated heterocycles. The quantitative estimate of drug-likeness (QED) is 0.779. The fraction of sp³-hybridized carbons (Fsp3) is 0.118. The van der Waals surface area contributed by atoms with Crippen molar-refractivity contribution in [2.45, 2.75) is 22.4 Å². The Kier molecular flexibility index (Phi) is 4.38. The number of rotatable bonds is 5. The third kappa shape index (κ3) is 3.74. The minimum Gasteiger partial charge on any atom is -0.387 e. The topological polar surface area (TPSA) is 38.0 Å². The lowest BCUT2D eigenvalue weighted by Crippen LogP contribution is -2.07. The zero-order chi connectivity index (χ0) is 14.5. The number of benzene rings is 2. The fourth-order valence-electron chi connectivity index (χ4n) is 2.11. The van der Waals surface area contributed by atoms with Crippen LogP contribution in [0.3, 0.4) is 0 Å². The Bertz CT molecular complexity index is 683. The summed E-state index contributed by atoms with van der Waals surface area (Å²) >= 11 is 1.70. The van der Waals surface area contributed by atoms with Gasteiger partial charge in [0.15, 0.2) is 0 Å². The standard InChI is InChI=1S/C17H16N2OS/c20-17(12-19-10-9-18-13-19)14-5-4-8-16(11-14)21-15-6-2-1-3-7-15/h1-11,13,17,20H,12H2. The van der Waals surface area contributed by atoms with Crippen molar-refractivity contribution in [1.82, 2.24) is 9.55 Å². The normalized spacial score (nSPS) is 12.2. The van der Waals surface area contributed by atoms with Crippen LogP contribution in [0.2, 0.25) is 0 Å². The maximum Gasteiger partial charge on any atom is 0.0969 e. The molecule has 0 aliphatic carbocycles. The van der Waals surface area contributed by atoms with E-state index in [0.29, 0.717) is 6.54 Å². The first-order valence-electron chi connectivity index (χ1n) is 6.78. The summed E-state index contributed by atoms with van der Waals surface area (Å²) in [6.45, 7) is 0.513. The number of hydrogen-bond acceptors (Lipinski definition) is 3. The number of aliphatic hydroxyl groups is 1. The van der Waals surface area contributed by atoms with Crippen molar-refractivity contribution < 1.29 is 5.11 Å². The van der Waals surface area contributed by atoms with E-state index in [1.165, 1.54) is 4.90 Å². The smallest absolute Gasteiger partial charge is 0.0969 e. The average Bonchev–Trinajstić information content (AvgIpc) is 3.01. The molecule has 1 atom stereocenters. The summed E-state index contributed by atoms with van der Waals surface area (Å²) in [6, 6.07) is 18.3. The third-order valence-electron chi connectivity index (χ3n) is 3.16. The van der Waals surface area contributed by atoms with Gasteiger partial charge in [0, 0.05) is 22.2 Å². The fourth-order valence-corrected chi connectivity index (χ4v) is 3.02. The SMILES string of the molecule is OC(Cn1ccnc1)c1cccc(Sc2ccccc2)c1. The van der Waals surface area contributed by atoms with Crippen molar-refractivity contribution in [3.63, 3.8) is 0 Å². The molecular formula is C17H16N2OS.